The zero-order valence-corrected chi connectivity index (χ0v) is 9.71. The van der Waals surface area contributed by atoms with E-state index < -0.39 is 0 Å². The van der Waals surface area contributed by atoms with Gasteiger partial charge < -0.3 is 5.32 Å². The number of amides is 1. The third kappa shape index (κ3) is 1.56. The van der Waals surface area contributed by atoms with Gasteiger partial charge in [0.1, 0.15) is 5.82 Å². The Balaban J connectivity index is 1.97. The van der Waals surface area contributed by atoms with E-state index in [0.29, 0.717) is 6.54 Å². The molecule has 2 nitrogen and oxygen atoms in total. The summed E-state index contributed by atoms with van der Waals surface area (Å²) < 4.78 is 12.9. The van der Waals surface area contributed by atoms with Crippen LogP contribution in [0.4, 0.5) is 4.39 Å². The van der Waals surface area contributed by atoms with Gasteiger partial charge in [-0.3, -0.25) is 4.79 Å². The molecule has 0 bridgehead atoms. The average molecular weight is 233 g/mol. The average Bonchev–Trinajstić information content (AvgIpc) is 2.92. The van der Waals surface area contributed by atoms with E-state index in [1.54, 1.807) is 0 Å². The number of carbonyl (C=O) groups is 1. The molecule has 0 radical (unpaired) electrons. The summed E-state index contributed by atoms with van der Waals surface area (Å²) in [6.45, 7) is 0.699. The number of hydrogen-bond acceptors (Lipinski definition) is 1. The van der Waals surface area contributed by atoms with Crippen molar-refractivity contribution < 1.29 is 9.18 Å². The Labute approximate surface area is 100 Å². The molecule has 3 rings (SSSR count). The van der Waals surface area contributed by atoms with Crippen LogP contribution in [0.15, 0.2) is 24.3 Å². The van der Waals surface area contributed by atoms with Crippen molar-refractivity contribution in [3.63, 3.8) is 0 Å². The summed E-state index contributed by atoms with van der Waals surface area (Å²) >= 11 is 0. The monoisotopic (exact) mass is 233 g/mol. The zero-order chi connectivity index (χ0) is 11.9. The number of halogens is 1. The molecule has 17 heavy (non-hydrogen) atoms. The Morgan fingerprint density at radius 1 is 1.18 bits per heavy atom. The number of carbonyl (C=O) groups excluding carboxylic acids is 1. The highest BCUT2D eigenvalue weighted by Gasteiger charge is 2.51. The molecular weight excluding hydrogens is 217 g/mol. The van der Waals surface area contributed by atoms with Gasteiger partial charge in [-0.2, -0.15) is 0 Å². The van der Waals surface area contributed by atoms with Crippen LogP contribution in [0.3, 0.4) is 0 Å². The molecule has 2 fully saturated rings. The lowest BCUT2D eigenvalue weighted by Gasteiger charge is -2.27. The maximum Gasteiger partial charge on any atom is 0.226 e. The fourth-order valence-electron chi connectivity index (χ4n) is 3.44. The quantitative estimate of drug-likeness (QED) is 0.793. The molecule has 1 amide bonds. The van der Waals surface area contributed by atoms with Gasteiger partial charge in [0.25, 0.3) is 0 Å². The van der Waals surface area contributed by atoms with E-state index in [9.17, 15) is 9.18 Å². The van der Waals surface area contributed by atoms with Crippen molar-refractivity contribution in [1.82, 2.24) is 5.32 Å². The first kappa shape index (κ1) is 10.8. The first-order valence-corrected chi connectivity index (χ1v) is 6.26. The topological polar surface area (TPSA) is 29.1 Å². The lowest BCUT2D eigenvalue weighted by Crippen LogP contribution is -2.31. The van der Waals surface area contributed by atoms with Crippen LogP contribution in [0.25, 0.3) is 0 Å². The summed E-state index contributed by atoms with van der Waals surface area (Å²) in [4.78, 5) is 12.1. The summed E-state index contributed by atoms with van der Waals surface area (Å²) in [7, 11) is 0. The van der Waals surface area contributed by atoms with Gasteiger partial charge in [-0.25, -0.2) is 4.39 Å². The second-order valence-electron chi connectivity index (χ2n) is 5.18. The van der Waals surface area contributed by atoms with E-state index in [4.69, 9.17) is 0 Å². The SMILES string of the molecule is O=C1NC[C@H](c2ccc(F)cc2)C12CCCC2. The molecule has 0 aromatic heterocycles. The normalized spacial score (nSPS) is 26.4. The molecule has 1 atom stereocenters. The van der Waals surface area contributed by atoms with Crippen molar-refractivity contribution in [2.45, 2.75) is 31.6 Å². The summed E-state index contributed by atoms with van der Waals surface area (Å²) in [6.07, 6.45) is 4.21. The summed E-state index contributed by atoms with van der Waals surface area (Å²) in [5, 5.41) is 2.98. The van der Waals surface area contributed by atoms with Crippen molar-refractivity contribution in [3.8, 4) is 0 Å². The molecule has 90 valence electrons. The van der Waals surface area contributed by atoms with Crippen LogP contribution in [0, 0.1) is 11.2 Å². The van der Waals surface area contributed by atoms with Crippen LogP contribution in [0.1, 0.15) is 37.2 Å². The second-order valence-corrected chi connectivity index (χ2v) is 5.18. The van der Waals surface area contributed by atoms with E-state index in [0.717, 1.165) is 31.2 Å². The predicted molar refractivity (Wildman–Crippen MR) is 63.1 cm³/mol. The lowest BCUT2D eigenvalue weighted by atomic mass is 9.73. The fraction of sp³-hybridized carbons (Fsp3) is 0.500. The maximum atomic E-state index is 12.9. The highest BCUT2D eigenvalue weighted by Crippen LogP contribution is 2.51. The van der Waals surface area contributed by atoms with Crippen LogP contribution in [-0.4, -0.2) is 12.5 Å². The molecule has 1 spiro atoms. The van der Waals surface area contributed by atoms with Gasteiger partial charge in [-0.15, -0.1) is 0 Å². The minimum Gasteiger partial charge on any atom is -0.355 e. The zero-order valence-electron chi connectivity index (χ0n) is 9.71. The van der Waals surface area contributed by atoms with Crippen LogP contribution in [0.2, 0.25) is 0 Å². The molecule has 3 heteroatoms. The predicted octanol–water partition coefficient (Wildman–Crippen LogP) is 2.60. The third-order valence-corrected chi connectivity index (χ3v) is 4.35. The van der Waals surface area contributed by atoms with Gasteiger partial charge in [0.05, 0.1) is 5.41 Å². The fourth-order valence-corrected chi connectivity index (χ4v) is 3.44. The van der Waals surface area contributed by atoms with Gasteiger partial charge in [-0.05, 0) is 30.5 Å². The van der Waals surface area contributed by atoms with Gasteiger partial charge in [0, 0.05) is 12.5 Å². The van der Waals surface area contributed by atoms with Gasteiger partial charge in [-0.1, -0.05) is 25.0 Å². The van der Waals surface area contributed by atoms with Crippen molar-refractivity contribution in [3.05, 3.63) is 35.6 Å². The van der Waals surface area contributed by atoms with Crippen molar-refractivity contribution in [1.29, 1.82) is 0 Å². The van der Waals surface area contributed by atoms with Gasteiger partial charge in [0.15, 0.2) is 0 Å². The minimum atomic E-state index is -0.216. The number of nitrogens with one attached hydrogen (secondary N) is 1. The number of benzene rings is 1. The lowest BCUT2D eigenvalue weighted by molar-refractivity contribution is -0.127. The second kappa shape index (κ2) is 3.83. The van der Waals surface area contributed by atoms with Crippen LogP contribution in [-0.2, 0) is 4.79 Å². The van der Waals surface area contributed by atoms with Crippen LogP contribution in [0.5, 0.6) is 0 Å². The Morgan fingerprint density at radius 3 is 2.47 bits per heavy atom. The first-order chi connectivity index (χ1) is 8.22. The smallest absolute Gasteiger partial charge is 0.226 e. The van der Waals surface area contributed by atoms with Crippen molar-refractivity contribution in [2.24, 2.45) is 5.41 Å². The highest BCUT2D eigenvalue weighted by atomic mass is 19.1. The molecule has 1 saturated heterocycles. The standard InChI is InChI=1S/C14H16FNO/c15-11-5-3-10(4-6-11)12-9-16-13(17)14(12)7-1-2-8-14/h3-6,12H,1-2,7-9H2,(H,16,17)/t12-/m1/s1. The van der Waals surface area contributed by atoms with E-state index in [1.807, 2.05) is 12.1 Å². The van der Waals surface area contributed by atoms with E-state index in [2.05, 4.69) is 5.32 Å². The first-order valence-electron chi connectivity index (χ1n) is 6.26. The molecule has 1 aliphatic heterocycles. The third-order valence-electron chi connectivity index (χ3n) is 4.35. The molecule has 2 aliphatic rings. The van der Waals surface area contributed by atoms with E-state index in [1.165, 1.54) is 12.1 Å². The molecule has 1 heterocycles. The number of hydrogen-bond donors (Lipinski definition) is 1. The van der Waals surface area contributed by atoms with E-state index in [-0.39, 0.29) is 23.1 Å². The van der Waals surface area contributed by atoms with Crippen molar-refractivity contribution >= 4 is 5.91 Å². The van der Waals surface area contributed by atoms with Gasteiger partial charge >= 0.3 is 0 Å². The van der Waals surface area contributed by atoms with Crippen molar-refractivity contribution in [2.75, 3.05) is 6.54 Å². The Bertz CT molecular complexity index is 434. The molecule has 1 N–H and O–H groups in total. The van der Waals surface area contributed by atoms with E-state index >= 15 is 0 Å². The summed E-state index contributed by atoms with van der Waals surface area (Å²) in [5.41, 5.74) is 0.879. The molecule has 1 saturated carbocycles. The summed E-state index contributed by atoms with van der Waals surface area (Å²) in [5.74, 6) is 0.203. The Morgan fingerprint density at radius 2 is 1.82 bits per heavy atom. The molecular formula is C14H16FNO. The maximum absolute atomic E-state index is 12.9. The Kier molecular flexibility index (Phi) is 2.42. The highest BCUT2D eigenvalue weighted by molar-refractivity contribution is 5.86. The van der Waals surface area contributed by atoms with Crippen LogP contribution < -0.4 is 5.32 Å². The minimum absolute atomic E-state index is 0.198. The molecule has 0 unspecified atom stereocenters. The van der Waals surface area contributed by atoms with Crippen LogP contribution >= 0.6 is 0 Å². The van der Waals surface area contributed by atoms with Gasteiger partial charge in [0.2, 0.25) is 5.91 Å². The Hall–Kier alpha value is -1.38. The number of rotatable bonds is 1. The molecule has 1 aromatic rings. The molecule has 1 aromatic carbocycles. The largest absolute Gasteiger partial charge is 0.355 e. The molecule has 1 aliphatic carbocycles. The summed E-state index contributed by atoms with van der Waals surface area (Å²) in [6, 6.07) is 6.61.